The van der Waals surface area contributed by atoms with Gasteiger partial charge in [-0.3, -0.25) is 4.90 Å². The molecule has 1 aromatic heterocycles. The van der Waals surface area contributed by atoms with Crippen molar-refractivity contribution >= 4 is 11.6 Å². The first-order chi connectivity index (χ1) is 15.3. The van der Waals surface area contributed by atoms with Crippen LogP contribution in [0.4, 0.5) is 5.69 Å². The number of methoxy groups -OCH3 is 2. The highest BCUT2D eigenvalue weighted by Crippen LogP contribution is 2.39. The third kappa shape index (κ3) is 3.66. The van der Waals surface area contributed by atoms with Crippen LogP contribution in [-0.2, 0) is 11.8 Å². The number of benzene rings is 1. The summed E-state index contributed by atoms with van der Waals surface area (Å²) in [5, 5.41) is 11.7. The van der Waals surface area contributed by atoms with Gasteiger partial charge in [0.2, 0.25) is 5.96 Å². The van der Waals surface area contributed by atoms with Crippen LogP contribution in [0, 0.1) is 0 Å². The molecule has 11 nitrogen and oxygen atoms in total. The molecule has 2 aliphatic rings. The molecule has 3 heterocycles. The molecule has 4 rings (SSSR count). The lowest BCUT2D eigenvalue weighted by atomic mass is 10.0. The van der Waals surface area contributed by atoms with Crippen LogP contribution in [0.25, 0.3) is 11.4 Å². The van der Waals surface area contributed by atoms with E-state index < -0.39 is 5.60 Å². The number of allylic oxidation sites excluding steroid dienone is 1. The van der Waals surface area contributed by atoms with Crippen molar-refractivity contribution in [3.8, 4) is 17.1 Å². The fourth-order valence-corrected chi connectivity index (χ4v) is 3.60. The lowest BCUT2D eigenvalue weighted by molar-refractivity contribution is 0.00703. The van der Waals surface area contributed by atoms with Crippen LogP contribution in [0.2, 0.25) is 0 Å². The average Bonchev–Trinajstić information content (AvgIpc) is 3.21. The van der Waals surface area contributed by atoms with Gasteiger partial charge >= 0.3 is 0 Å². The number of guanidine groups is 1. The largest absolute Gasteiger partial charge is 0.495 e. The topological polar surface area (TPSA) is 133 Å². The number of hydrogen-bond donors (Lipinski definition) is 2. The fraction of sp³-hybridized carbons (Fsp3) is 0.333. The Morgan fingerprint density at radius 3 is 2.59 bits per heavy atom. The Kier molecular flexibility index (Phi) is 5.35. The summed E-state index contributed by atoms with van der Waals surface area (Å²) >= 11 is 0. The van der Waals surface area contributed by atoms with Crippen LogP contribution < -0.4 is 21.1 Å². The predicted molar refractivity (Wildman–Crippen MR) is 121 cm³/mol. The standard InChI is InChI=1S/C21H27N9O2/c1-21(2,32-5)12-29-9-8-14-11-24-20(23)30(17(14)18(29)22)15-7-6-13(10-16(15)31-4)19-25-26-27-28(19)3/h6-11H,12,22H2,1-5H3,(H2,23,24). The first kappa shape index (κ1) is 21.4. The lowest BCUT2D eigenvalue weighted by Crippen LogP contribution is -2.46. The van der Waals surface area contributed by atoms with Gasteiger partial charge in [-0.15, -0.1) is 5.10 Å². The summed E-state index contributed by atoms with van der Waals surface area (Å²) in [6, 6.07) is 5.64. The SMILES string of the molecule is COc1cc(-c2nnnn2C)ccc1N1C(N)=NC=C2C=CN(CC(C)(C)OC)C(N)=C21. The van der Waals surface area contributed by atoms with Gasteiger partial charge in [-0.05, 0) is 48.5 Å². The van der Waals surface area contributed by atoms with Gasteiger partial charge in [0.1, 0.15) is 11.6 Å². The van der Waals surface area contributed by atoms with E-state index in [0.717, 1.165) is 16.8 Å². The summed E-state index contributed by atoms with van der Waals surface area (Å²) < 4.78 is 12.9. The van der Waals surface area contributed by atoms with Crippen LogP contribution in [0.5, 0.6) is 5.75 Å². The minimum Gasteiger partial charge on any atom is -0.495 e. The van der Waals surface area contributed by atoms with Crippen LogP contribution >= 0.6 is 0 Å². The molecular formula is C21H27N9O2. The zero-order valence-corrected chi connectivity index (χ0v) is 18.8. The number of nitrogens with two attached hydrogens (primary N) is 2. The minimum absolute atomic E-state index is 0.277. The fourth-order valence-electron chi connectivity index (χ4n) is 3.60. The van der Waals surface area contributed by atoms with E-state index >= 15 is 0 Å². The van der Waals surface area contributed by atoms with Crippen molar-refractivity contribution in [3.63, 3.8) is 0 Å². The highest BCUT2D eigenvalue weighted by Gasteiger charge is 2.32. The van der Waals surface area contributed by atoms with Gasteiger partial charge < -0.3 is 25.8 Å². The molecule has 1 aromatic carbocycles. The molecule has 0 unspecified atom stereocenters. The monoisotopic (exact) mass is 437 g/mol. The number of aliphatic imine (C=N–C) groups is 1. The molecule has 0 fully saturated rings. The third-order valence-electron chi connectivity index (χ3n) is 5.45. The molecular weight excluding hydrogens is 410 g/mol. The minimum atomic E-state index is -0.403. The molecule has 11 heteroatoms. The molecule has 0 saturated heterocycles. The van der Waals surface area contributed by atoms with Gasteiger partial charge in [-0.25, -0.2) is 9.67 Å². The van der Waals surface area contributed by atoms with E-state index in [1.807, 2.05) is 49.2 Å². The average molecular weight is 438 g/mol. The van der Waals surface area contributed by atoms with E-state index in [4.69, 9.17) is 20.9 Å². The molecule has 32 heavy (non-hydrogen) atoms. The van der Waals surface area contributed by atoms with Crippen LogP contribution in [0.3, 0.4) is 0 Å². The summed E-state index contributed by atoms with van der Waals surface area (Å²) in [6.45, 7) is 4.56. The smallest absolute Gasteiger partial charge is 0.205 e. The number of tetrazole rings is 1. The zero-order valence-electron chi connectivity index (χ0n) is 18.8. The van der Waals surface area contributed by atoms with Crippen LogP contribution in [0.15, 0.2) is 58.8 Å². The molecule has 0 atom stereocenters. The molecule has 0 radical (unpaired) electrons. The van der Waals surface area contributed by atoms with Crippen molar-refractivity contribution in [2.45, 2.75) is 19.4 Å². The first-order valence-corrected chi connectivity index (χ1v) is 10.00. The van der Waals surface area contributed by atoms with E-state index in [2.05, 4.69) is 20.5 Å². The van der Waals surface area contributed by atoms with E-state index in [1.54, 1.807) is 37.0 Å². The van der Waals surface area contributed by atoms with Gasteiger partial charge in [0.25, 0.3) is 0 Å². The van der Waals surface area contributed by atoms with Gasteiger partial charge in [0.15, 0.2) is 5.82 Å². The molecule has 2 aliphatic heterocycles. The number of aromatic nitrogens is 4. The number of anilines is 1. The number of ether oxygens (including phenoxy) is 2. The normalized spacial score (nSPS) is 16.2. The summed E-state index contributed by atoms with van der Waals surface area (Å²) in [4.78, 5) is 8.09. The number of aryl methyl sites for hydroxylation is 1. The summed E-state index contributed by atoms with van der Waals surface area (Å²) in [7, 11) is 5.05. The van der Waals surface area contributed by atoms with Crippen molar-refractivity contribution in [1.82, 2.24) is 25.1 Å². The summed E-state index contributed by atoms with van der Waals surface area (Å²) in [6.07, 6.45) is 5.57. The Hall–Kier alpha value is -3.86. The summed E-state index contributed by atoms with van der Waals surface area (Å²) in [5.74, 6) is 2.00. The maximum absolute atomic E-state index is 6.64. The van der Waals surface area contributed by atoms with E-state index in [9.17, 15) is 0 Å². The van der Waals surface area contributed by atoms with Gasteiger partial charge in [-0.1, -0.05) is 0 Å². The molecule has 2 aromatic rings. The van der Waals surface area contributed by atoms with E-state index in [-0.39, 0.29) is 5.96 Å². The van der Waals surface area contributed by atoms with Gasteiger partial charge in [-0.2, -0.15) is 0 Å². The molecule has 4 N–H and O–H groups in total. The van der Waals surface area contributed by atoms with Crippen molar-refractivity contribution in [3.05, 3.63) is 53.8 Å². The van der Waals surface area contributed by atoms with E-state index in [1.165, 1.54) is 0 Å². The Balaban J connectivity index is 1.79. The Morgan fingerprint density at radius 1 is 1.16 bits per heavy atom. The molecule has 0 amide bonds. The Morgan fingerprint density at radius 2 is 1.94 bits per heavy atom. The number of nitrogens with zero attached hydrogens (tertiary/aromatic N) is 7. The quantitative estimate of drug-likeness (QED) is 0.685. The van der Waals surface area contributed by atoms with Crippen LogP contribution in [-0.4, -0.2) is 57.4 Å². The number of fused-ring (bicyclic) bond motifs is 1. The van der Waals surface area contributed by atoms with Crippen molar-refractivity contribution in [1.29, 1.82) is 0 Å². The van der Waals surface area contributed by atoms with Crippen molar-refractivity contribution in [2.75, 3.05) is 25.7 Å². The lowest BCUT2D eigenvalue weighted by Gasteiger charge is -2.38. The molecule has 0 bridgehead atoms. The van der Waals surface area contributed by atoms with Crippen LogP contribution in [0.1, 0.15) is 13.8 Å². The number of rotatable bonds is 6. The molecule has 0 aliphatic carbocycles. The molecule has 0 saturated carbocycles. The van der Waals surface area contributed by atoms with Gasteiger partial charge in [0, 0.05) is 37.7 Å². The molecule has 0 spiro atoms. The maximum Gasteiger partial charge on any atom is 0.205 e. The maximum atomic E-state index is 6.64. The van der Waals surface area contributed by atoms with Gasteiger partial charge in [0.05, 0.1) is 30.6 Å². The van der Waals surface area contributed by atoms with Crippen molar-refractivity contribution in [2.24, 2.45) is 23.5 Å². The second kappa shape index (κ2) is 8.00. The Labute approximate surface area is 186 Å². The highest BCUT2D eigenvalue weighted by atomic mass is 16.5. The third-order valence-corrected chi connectivity index (χ3v) is 5.45. The second-order valence-corrected chi connectivity index (χ2v) is 8.06. The van der Waals surface area contributed by atoms with E-state index in [0.29, 0.717) is 29.6 Å². The summed E-state index contributed by atoms with van der Waals surface area (Å²) in [5.41, 5.74) is 15.6. The predicted octanol–water partition coefficient (Wildman–Crippen LogP) is 1.29. The highest BCUT2D eigenvalue weighted by molar-refractivity contribution is 6.02. The second-order valence-electron chi connectivity index (χ2n) is 8.06. The number of hydrogen-bond acceptors (Lipinski definition) is 10. The molecule has 168 valence electrons. The zero-order chi connectivity index (χ0) is 23.0. The Bertz CT molecular complexity index is 1160. The van der Waals surface area contributed by atoms with Crippen molar-refractivity contribution < 1.29 is 9.47 Å². The first-order valence-electron chi connectivity index (χ1n) is 10.00.